The Morgan fingerprint density at radius 2 is 1.72 bits per heavy atom. The van der Waals surface area contributed by atoms with Crippen LogP contribution in [0.15, 0.2) is 67.0 Å². The van der Waals surface area contributed by atoms with E-state index in [1.807, 2.05) is 35.0 Å². The first-order valence-corrected chi connectivity index (χ1v) is 8.10. The van der Waals surface area contributed by atoms with Crippen LogP contribution >= 0.6 is 0 Å². The Hall–Kier alpha value is -2.98. The minimum absolute atomic E-state index is 0.306. The second kappa shape index (κ2) is 6.15. The zero-order valence-electron chi connectivity index (χ0n) is 13.8. The third-order valence-corrected chi connectivity index (χ3v) is 4.39. The Kier molecular flexibility index (Phi) is 3.82. The van der Waals surface area contributed by atoms with Crippen LogP contribution < -0.4 is 0 Å². The van der Waals surface area contributed by atoms with Gasteiger partial charge in [-0.2, -0.15) is 0 Å². The molecular weight excluding hydrogens is 315 g/mol. The van der Waals surface area contributed by atoms with E-state index >= 15 is 0 Å². The summed E-state index contributed by atoms with van der Waals surface area (Å²) >= 11 is 0. The van der Waals surface area contributed by atoms with Crippen LogP contribution in [0.3, 0.4) is 0 Å². The number of imidazole rings is 1. The minimum atomic E-state index is -0.397. The highest BCUT2D eigenvalue weighted by atomic mass is 19.1. The lowest BCUT2D eigenvalue weighted by Crippen LogP contribution is -1.95. The molecule has 0 aliphatic heterocycles. The van der Waals surface area contributed by atoms with E-state index in [-0.39, 0.29) is 6.61 Å². The third kappa shape index (κ3) is 2.81. The summed E-state index contributed by atoms with van der Waals surface area (Å²) in [7, 11) is 0. The van der Waals surface area contributed by atoms with Crippen LogP contribution in [0.4, 0.5) is 4.39 Å². The number of pyridine rings is 1. The molecule has 0 amide bonds. The number of hydrogen-bond acceptors (Lipinski definition) is 2. The van der Waals surface area contributed by atoms with Gasteiger partial charge in [0.05, 0.1) is 12.3 Å². The first-order valence-electron chi connectivity index (χ1n) is 8.10. The van der Waals surface area contributed by atoms with E-state index in [0.29, 0.717) is 11.1 Å². The molecule has 0 spiro atoms. The molecule has 2 heterocycles. The van der Waals surface area contributed by atoms with Gasteiger partial charge in [0, 0.05) is 23.5 Å². The summed E-state index contributed by atoms with van der Waals surface area (Å²) < 4.78 is 15.9. The van der Waals surface area contributed by atoms with Gasteiger partial charge in [0.2, 0.25) is 0 Å². The number of nitrogens with zero attached hydrogens (tertiary/aromatic N) is 2. The smallest absolute Gasteiger partial charge is 0.137 e. The molecule has 0 fully saturated rings. The van der Waals surface area contributed by atoms with Crippen LogP contribution in [0, 0.1) is 12.7 Å². The van der Waals surface area contributed by atoms with E-state index in [4.69, 9.17) is 0 Å². The van der Waals surface area contributed by atoms with Crippen molar-refractivity contribution in [2.75, 3.05) is 0 Å². The molecule has 2 aromatic heterocycles. The van der Waals surface area contributed by atoms with Crippen molar-refractivity contribution in [3.8, 4) is 22.4 Å². The van der Waals surface area contributed by atoms with E-state index in [9.17, 15) is 9.50 Å². The van der Waals surface area contributed by atoms with E-state index in [2.05, 4.69) is 36.2 Å². The Bertz CT molecular complexity index is 1050. The Morgan fingerprint density at radius 3 is 2.48 bits per heavy atom. The molecule has 4 aromatic rings. The molecule has 4 rings (SSSR count). The highest BCUT2D eigenvalue weighted by molar-refractivity contribution is 5.70. The second-order valence-electron chi connectivity index (χ2n) is 6.10. The summed E-state index contributed by atoms with van der Waals surface area (Å²) in [4.78, 5) is 4.65. The second-order valence-corrected chi connectivity index (χ2v) is 6.10. The van der Waals surface area contributed by atoms with Crippen LogP contribution in [0.1, 0.15) is 11.1 Å². The van der Waals surface area contributed by atoms with Gasteiger partial charge in [-0.3, -0.25) is 0 Å². The van der Waals surface area contributed by atoms with Crippen molar-refractivity contribution in [2.45, 2.75) is 13.5 Å². The molecule has 0 saturated heterocycles. The maximum absolute atomic E-state index is 13.9. The molecule has 0 radical (unpaired) electrons. The van der Waals surface area contributed by atoms with Crippen molar-refractivity contribution in [3.05, 3.63) is 83.9 Å². The average Bonchev–Trinajstić information content (AvgIpc) is 3.05. The standard InChI is InChI=1S/C21H17FN2O/c1-14-5-7-15(8-6-14)20-12-24-11-16(9-10-21(24)23-20)17-3-2-4-19(22)18(17)13-25/h2-12,25H,13H2,1H3. The van der Waals surface area contributed by atoms with Gasteiger partial charge < -0.3 is 9.51 Å². The Labute approximate surface area is 145 Å². The molecule has 3 nitrogen and oxygen atoms in total. The normalized spacial score (nSPS) is 11.2. The van der Waals surface area contributed by atoms with Crippen molar-refractivity contribution in [3.63, 3.8) is 0 Å². The number of aromatic nitrogens is 2. The average molecular weight is 332 g/mol. The molecule has 124 valence electrons. The Balaban J connectivity index is 1.81. The van der Waals surface area contributed by atoms with E-state index in [1.165, 1.54) is 11.6 Å². The van der Waals surface area contributed by atoms with E-state index in [0.717, 1.165) is 22.5 Å². The molecule has 2 aromatic carbocycles. The van der Waals surface area contributed by atoms with Gasteiger partial charge in [0.25, 0.3) is 0 Å². The van der Waals surface area contributed by atoms with Crippen molar-refractivity contribution < 1.29 is 9.50 Å². The third-order valence-electron chi connectivity index (χ3n) is 4.39. The van der Waals surface area contributed by atoms with Gasteiger partial charge in [0.15, 0.2) is 0 Å². The molecule has 0 bridgehead atoms. The minimum Gasteiger partial charge on any atom is -0.392 e. The molecule has 0 aliphatic rings. The summed E-state index contributed by atoms with van der Waals surface area (Å²) in [6, 6.07) is 16.8. The summed E-state index contributed by atoms with van der Waals surface area (Å²) in [6.07, 6.45) is 3.87. The maximum atomic E-state index is 13.9. The van der Waals surface area contributed by atoms with Crippen molar-refractivity contribution >= 4 is 5.65 Å². The molecule has 1 N–H and O–H groups in total. The largest absolute Gasteiger partial charge is 0.392 e. The lowest BCUT2D eigenvalue weighted by Gasteiger charge is -2.09. The van der Waals surface area contributed by atoms with Gasteiger partial charge in [-0.15, -0.1) is 0 Å². The van der Waals surface area contributed by atoms with Crippen molar-refractivity contribution in [1.29, 1.82) is 0 Å². The first kappa shape index (κ1) is 15.5. The zero-order chi connectivity index (χ0) is 17.4. The fraction of sp³-hybridized carbons (Fsp3) is 0.0952. The number of aliphatic hydroxyl groups is 1. The van der Waals surface area contributed by atoms with Crippen LogP contribution in [0.25, 0.3) is 28.0 Å². The molecule has 4 heteroatoms. The topological polar surface area (TPSA) is 37.5 Å². The number of rotatable bonds is 3. The predicted octanol–water partition coefficient (Wildman–Crippen LogP) is 4.61. The zero-order valence-corrected chi connectivity index (χ0v) is 13.8. The van der Waals surface area contributed by atoms with Crippen molar-refractivity contribution in [1.82, 2.24) is 9.38 Å². The molecule has 0 saturated carbocycles. The van der Waals surface area contributed by atoms with Crippen LogP contribution in [0.5, 0.6) is 0 Å². The highest BCUT2D eigenvalue weighted by Gasteiger charge is 2.11. The van der Waals surface area contributed by atoms with Gasteiger partial charge in [-0.05, 0) is 36.2 Å². The Morgan fingerprint density at radius 1 is 0.960 bits per heavy atom. The predicted molar refractivity (Wildman–Crippen MR) is 96.7 cm³/mol. The van der Waals surface area contributed by atoms with Crippen LogP contribution in [-0.2, 0) is 6.61 Å². The summed E-state index contributed by atoms with van der Waals surface area (Å²) in [5.74, 6) is -0.397. The molecule has 0 atom stereocenters. The van der Waals surface area contributed by atoms with Gasteiger partial charge in [0.1, 0.15) is 11.5 Å². The quantitative estimate of drug-likeness (QED) is 0.595. The lowest BCUT2D eigenvalue weighted by atomic mass is 10.0. The van der Waals surface area contributed by atoms with Crippen LogP contribution in [0.2, 0.25) is 0 Å². The molecule has 25 heavy (non-hydrogen) atoms. The lowest BCUT2D eigenvalue weighted by molar-refractivity contribution is 0.276. The number of benzene rings is 2. The summed E-state index contributed by atoms with van der Waals surface area (Å²) in [6.45, 7) is 1.72. The molecule has 0 unspecified atom stereocenters. The monoisotopic (exact) mass is 332 g/mol. The number of halogens is 1. The van der Waals surface area contributed by atoms with E-state index in [1.54, 1.807) is 6.07 Å². The van der Waals surface area contributed by atoms with Crippen molar-refractivity contribution in [2.24, 2.45) is 0 Å². The SMILES string of the molecule is Cc1ccc(-c2cn3cc(-c4cccc(F)c4CO)ccc3n2)cc1. The first-order chi connectivity index (χ1) is 12.2. The molecule has 0 aliphatic carbocycles. The van der Waals surface area contributed by atoms with E-state index < -0.39 is 5.82 Å². The van der Waals surface area contributed by atoms with Gasteiger partial charge >= 0.3 is 0 Å². The van der Waals surface area contributed by atoms with Gasteiger partial charge in [-0.25, -0.2) is 9.37 Å². The van der Waals surface area contributed by atoms with Gasteiger partial charge in [-0.1, -0.05) is 42.0 Å². The fourth-order valence-electron chi connectivity index (χ4n) is 3.00. The van der Waals surface area contributed by atoms with Crippen LogP contribution in [-0.4, -0.2) is 14.5 Å². The number of aliphatic hydroxyl groups excluding tert-OH is 1. The highest BCUT2D eigenvalue weighted by Crippen LogP contribution is 2.27. The summed E-state index contributed by atoms with van der Waals surface area (Å²) in [5.41, 5.74) is 5.80. The number of aryl methyl sites for hydroxylation is 1. The maximum Gasteiger partial charge on any atom is 0.137 e. The number of hydrogen-bond donors (Lipinski definition) is 1. The fourth-order valence-corrected chi connectivity index (χ4v) is 3.00. The summed E-state index contributed by atoms with van der Waals surface area (Å²) in [5, 5.41) is 9.49. The molecular formula is C21H17FN2O. The number of fused-ring (bicyclic) bond motifs is 1.